The van der Waals surface area contributed by atoms with Crippen LogP contribution in [-0.2, 0) is 4.79 Å². The van der Waals surface area contributed by atoms with E-state index in [4.69, 9.17) is 0 Å². The molecule has 0 atom stereocenters. The maximum Gasteiger partial charge on any atom is 0.499 e. The van der Waals surface area contributed by atoms with Crippen molar-refractivity contribution in [3.63, 3.8) is 0 Å². The number of para-hydroxylation sites is 1. The molecule has 44 heavy (non-hydrogen) atoms. The van der Waals surface area contributed by atoms with Crippen LogP contribution in [0.2, 0.25) is 0 Å². The Bertz CT molecular complexity index is 1710. The Morgan fingerprint density at radius 1 is 1.00 bits per heavy atom. The number of nitrogens with zero attached hydrogens (tertiary/aromatic N) is 5. The van der Waals surface area contributed by atoms with Crippen molar-refractivity contribution in [3.8, 4) is 22.8 Å². The number of nitrogens with one attached hydrogen (secondary N) is 1. The highest BCUT2D eigenvalue weighted by Crippen LogP contribution is 2.37. The summed E-state index contributed by atoms with van der Waals surface area (Å²) in [4.78, 5) is 35.2. The highest BCUT2D eigenvalue weighted by molar-refractivity contribution is 8.15. The molecule has 228 valence electrons. The van der Waals surface area contributed by atoms with Gasteiger partial charge in [-0.1, -0.05) is 43.8 Å². The van der Waals surface area contributed by atoms with Gasteiger partial charge in [0.2, 0.25) is 5.91 Å². The molecule has 5 rings (SSSR count). The number of ether oxygens (including phenoxy) is 1. The summed E-state index contributed by atoms with van der Waals surface area (Å²) < 4.78 is 68.5. The molecular formula is C29H23F5N6O3S. The van der Waals surface area contributed by atoms with E-state index in [1.54, 1.807) is 24.3 Å². The molecule has 0 unspecified atom stereocenters. The topological polar surface area (TPSA) is 102 Å². The number of carbonyl (C=O) groups is 2. The SMILES string of the molecule is CC(C)c1ccccc1N1C(=O)CS/C1=N\C(=O)Nc1ccc(-c2ncn(-c3ccc(OC(F)(F)C(F)(F)F)cc3)n2)cc1. The van der Waals surface area contributed by atoms with E-state index in [0.717, 1.165) is 17.7 Å². The molecule has 0 aliphatic carbocycles. The Kier molecular flexibility index (Phi) is 8.41. The molecule has 0 radical (unpaired) electrons. The van der Waals surface area contributed by atoms with E-state index in [2.05, 4.69) is 25.1 Å². The van der Waals surface area contributed by atoms with Crippen LogP contribution >= 0.6 is 11.8 Å². The van der Waals surface area contributed by atoms with Crippen LogP contribution in [0.25, 0.3) is 17.1 Å². The van der Waals surface area contributed by atoms with Gasteiger partial charge in [-0.15, -0.1) is 5.10 Å². The van der Waals surface area contributed by atoms with Crippen LogP contribution in [0.5, 0.6) is 5.75 Å². The first-order valence-corrected chi connectivity index (χ1v) is 14.0. The molecule has 1 N–H and O–H groups in total. The van der Waals surface area contributed by atoms with Crippen LogP contribution in [0.1, 0.15) is 25.3 Å². The van der Waals surface area contributed by atoms with Gasteiger partial charge in [0.05, 0.1) is 17.1 Å². The number of thioether (sulfide) groups is 1. The van der Waals surface area contributed by atoms with Gasteiger partial charge in [0.15, 0.2) is 11.0 Å². The highest BCUT2D eigenvalue weighted by atomic mass is 32.2. The summed E-state index contributed by atoms with van der Waals surface area (Å²) in [7, 11) is 0. The fraction of sp³-hybridized carbons (Fsp3) is 0.207. The average Bonchev–Trinajstić information content (AvgIpc) is 3.60. The summed E-state index contributed by atoms with van der Waals surface area (Å²) in [5.74, 6) is -0.239. The lowest BCUT2D eigenvalue weighted by Crippen LogP contribution is -2.41. The number of urea groups is 1. The number of alkyl halides is 5. The van der Waals surface area contributed by atoms with Crippen molar-refractivity contribution in [1.82, 2.24) is 14.8 Å². The molecule has 1 aromatic heterocycles. The Morgan fingerprint density at radius 3 is 2.34 bits per heavy atom. The number of hydrogen-bond acceptors (Lipinski definition) is 6. The van der Waals surface area contributed by atoms with Crippen LogP contribution in [0.3, 0.4) is 0 Å². The zero-order valence-corrected chi connectivity index (χ0v) is 23.9. The first-order valence-electron chi connectivity index (χ1n) is 13.0. The van der Waals surface area contributed by atoms with Gasteiger partial charge in [0, 0.05) is 11.3 Å². The lowest BCUT2D eigenvalue weighted by molar-refractivity contribution is -0.360. The molecule has 9 nitrogen and oxygen atoms in total. The van der Waals surface area contributed by atoms with E-state index in [0.29, 0.717) is 22.6 Å². The third kappa shape index (κ3) is 6.56. The molecule has 1 aliphatic rings. The van der Waals surface area contributed by atoms with Crippen molar-refractivity contribution in [2.45, 2.75) is 32.1 Å². The highest BCUT2D eigenvalue weighted by Gasteiger charge is 2.61. The molecule has 0 bridgehead atoms. The van der Waals surface area contributed by atoms with Gasteiger partial charge >= 0.3 is 18.3 Å². The minimum Gasteiger partial charge on any atom is -0.426 e. The monoisotopic (exact) mass is 630 g/mol. The van der Waals surface area contributed by atoms with Crippen molar-refractivity contribution in [1.29, 1.82) is 0 Å². The van der Waals surface area contributed by atoms with Crippen LogP contribution in [0.4, 0.5) is 38.1 Å². The molecule has 1 aliphatic heterocycles. The van der Waals surface area contributed by atoms with Gasteiger partial charge in [0.25, 0.3) is 0 Å². The molecule has 0 spiro atoms. The number of rotatable bonds is 7. The van der Waals surface area contributed by atoms with Crippen LogP contribution in [-0.4, -0.2) is 49.9 Å². The predicted octanol–water partition coefficient (Wildman–Crippen LogP) is 7.26. The maximum absolute atomic E-state index is 13.1. The number of aliphatic imine (C=N–C) groups is 1. The number of amides is 3. The zero-order chi connectivity index (χ0) is 31.6. The van der Waals surface area contributed by atoms with E-state index in [9.17, 15) is 31.5 Å². The molecule has 4 aromatic rings. The van der Waals surface area contributed by atoms with E-state index >= 15 is 0 Å². The zero-order valence-electron chi connectivity index (χ0n) is 23.0. The van der Waals surface area contributed by atoms with Crippen molar-refractivity contribution < 1.29 is 36.3 Å². The fourth-order valence-electron chi connectivity index (χ4n) is 4.19. The number of halogens is 5. The van der Waals surface area contributed by atoms with Crippen LogP contribution in [0.15, 0.2) is 84.1 Å². The fourth-order valence-corrected chi connectivity index (χ4v) is 5.05. The predicted molar refractivity (Wildman–Crippen MR) is 155 cm³/mol. The summed E-state index contributed by atoms with van der Waals surface area (Å²) in [6.07, 6.45) is -9.84. The number of aromatic nitrogens is 3. The first kappa shape index (κ1) is 30.7. The van der Waals surface area contributed by atoms with Gasteiger partial charge < -0.3 is 10.1 Å². The van der Waals surface area contributed by atoms with Gasteiger partial charge in [0.1, 0.15) is 12.1 Å². The lowest BCUT2D eigenvalue weighted by Gasteiger charge is -2.21. The van der Waals surface area contributed by atoms with Crippen molar-refractivity contribution in [2.24, 2.45) is 4.99 Å². The molecule has 2 heterocycles. The number of hydrogen-bond donors (Lipinski definition) is 1. The van der Waals surface area contributed by atoms with E-state index in [1.165, 1.54) is 39.8 Å². The van der Waals surface area contributed by atoms with E-state index in [-0.39, 0.29) is 28.6 Å². The molecule has 1 fully saturated rings. The average molecular weight is 631 g/mol. The summed E-state index contributed by atoms with van der Waals surface area (Å²) >= 11 is 1.18. The van der Waals surface area contributed by atoms with E-state index < -0.39 is 24.1 Å². The van der Waals surface area contributed by atoms with Crippen molar-refractivity contribution in [3.05, 3.63) is 84.7 Å². The van der Waals surface area contributed by atoms with Gasteiger partial charge in [-0.05, 0) is 66.1 Å². The number of anilines is 2. The molecule has 0 saturated carbocycles. The second kappa shape index (κ2) is 12.1. The molecular weight excluding hydrogens is 607 g/mol. The molecule has 1 saturated heterocycles. The largest absolute Gasteiger partial charge is 0.499 e. The van der Waals surface area contributed by atoms with Gasteiger partial charge in [-0.25, -0.2) is 14.5 Å². The number of amidine groups is 1. The Labute approximate surface area is 251 Å². The summed E-state index contributed by atoms with van der Waals surface area (Å²) in [5, 5.41) is 7.26. The minimum atomic E-state index is -5.85. The maximum atomic E-state index is 13.1. The normalized spacial score (nSPS) is 14.9. The van der Waals surface area contributed by atoms with Gasteiger partial charge in [-0.3, -0.25) is 9.69 Å². The third-order valence-corrected chi connectivity index (χ3v) is 7.25. The van der Waals surface area contributed by atoms with Crippen LogP contribution in [0, 0.1) is 0 Å². The smallest absolute Gasteiger partial charge is 0.426 e. The van der Waals surface area contributed by atoms with Gasteiger partial charge in [-0.2, -0.15) is 26.9 Å². The molecule has 15 heteroatoms. The quantitative estimate of drug-likeness (QED) is 0.216. The molecule has 3 amide bonds. The lowest BCUT2D eigenvalue weighted by atomic mass is 10.0. The van der Waals surface area contributed by atoms with Crippen molar-refractivity contribution >= 4 is 40.2 Å². The second-order valence-electron chi connectivity index (χ2n) is 9.76. The summed E-state index contributed by atoms with van der Waals surface area (Å²) in [5.41, 5.74) is 2.98. The standard InChI is InChI=1S/C29H23F5N6O3S/c1-17(2)22-5-3-4-6-23(22)40-24(41)15-44-27(40)37-26(42)36-19-9-7-18(8-10-19)25-35-16-39(38-25)20-11-13-21(14-12-20)43-29(33,34)28(30,31)32/h3-14,16-17H,15H2,1-2H3,(H,36,42)/b37-27-. The summed E-state index contributed by atoms with van der Waals surface area (Å²) in [6, 6.07) is 17.7. The van der Waals surface area contributed by atoms with Crippen molar-refractivity contribution in [2.75, 3.05) is 16.0 Å². The Hall–Kier alpha value is -4.79. The minimum absolute atomic E-state index is 0.154. The number of carbonyl (C=O) groups excluding carboxylic acids is 2. The molecule has 3 aromatic carbocycles. The Balaban J connectivity index is 1.25. The number of benzene rings is 3. The van der Waals surface area contributed by atoms with E-state index in [1.807, 2.05) is 38.1 Å². The first-order chi connectivity index (χ1) is 20.8. The summed E-state index contributed by atoms with van der Waals surface area (Å²) in [6.45, 7) is 4.03. The van der Waals surface area contributed by atoms with Crippen LogP contribution < -0.4 is 15.0 Å². The second-order valence-corrected chi connectivity index (χ2v) is 10.7. The Morgan fingerprint density at radius 2 is 1.68 bits per heavy atom. The third-order valence-electron chi connectivity index (χ3n) is 6.33.